The van der Waals surface area contributed by atoms with Crippen LogP contribution in [0.5, 0.6) is 5.75 Å². The number of aromatic nitrogens is 3. The van der Waals surface area contributed by atoms with E-state index in [0.29, 0.717) is 18.0 Å². The van der Waals surface area contributed by atoms with Gasteiger partial charge in [-0.25, -0.2) is 8.42 Å². The van der Waals surface area contributed by atoms with Crippen molar-refractivity contribution in [3.8, 4) is 5.75 Å². The van der Waals surface area contributed by atoms with E-state index >= 15 is 0 Å². The molecule has 0 radical (unpaired) electrons. The fraction of sp³-hybridized carbons (Fsp3) is 0.400. The molecular weight excluding hydrogens is 376 g/mol. The first-order valence-electron chi connectivity index (χ1n) is 9.37. The van der Waals surface area contributed by atoms with E-state index in [-0.39, 0.29) is 5.92 Å². The fourth-order valence-electron chi connectivity index (χ4n) is 4.02. The summed E-state index contributed by atoms with van der Waals surface area (Å²) in [6.07, 6.45) is 3.41. The van der Waals surface area contributed by atoms with E-state index in [0.717, 1.165) is 41.2 Å². The third kappa shape index (κ3) is 3.16. The minimum Gasteiger partial charge on any atom is -0.496 e. The number of benzene rings is 1. The average molecular weight is 401 g/mol. The lowest BCUT2D eigenvalue weighted by Gasteiger charge is -2.30. The van der Waals surface area contributed by atoms with Crippen molar-refractivity contribution in [2.24, 2.45) is 0 Å². The van der Waals surface area contributed by atoms with Crippen LogP contribution in [0.3, 0.4) is 0 Å². The zero-order valence-corrected chi connectivity index (χ0v) is 17.1. The Bertz CT molecular complexity index is 1090. The van der Waals surface area contributed by atoms with Gasteiger partial charge in [-0.2, -0.15) is 4.31 Å². The first kappa shape index (κ1) is 18.9. The molecule has 1 saturated heterocycles. The third-order valence-corrected chi connectivity index (χ3v) is 7.31. The minimum absolute atomic E-state index is 0.197. The van der Waals surface area contributed by atoms with Gasteiger partial charge in [-0.3, -0.25) is 4.40 Å². The molecule has 0 bridgehead atoms. The third-order valence-electron chi connectivity index (χ3n) is 5.43. The number of piperidine rings is 1. The Labute approximate surface area is 165 Å². The molecule has 0 unspecified atom stereocenters. The molecule has 8 heteroatoms. The van der Waals surface area contributed by atoms with Gasteiger partial charge in [0.2, 0.25) is 10.0 Å². The number of pyridine rings is 1. The van der Waals surface area contributed by atoms with Crippen LogP contribution in [0.1, 0.15) is 35.7 Å². The molecule has 28 heavy (non-hydrogen) atoms. The van der Waals surface area contributed by atoms with Crippen LogP contribution in [0.25, 0.3) is 5.65 Å². The quantitative estimate of drug-likeness (QED) is 0.673. The van der Waals surface area contributed by atoms with Crippen molar-refractivity contribution in [1.29, 1.82) is 0 Å². The molecule has 3 aromatic rings. The standard InChI is InChI=1S/C20H24N4O3S/c1-14-12-17(13-15(2)19(14)27-3)28(25,26)23-10-7-16(8-11-23)20-22-21-18-6-4-5-9-24(18)20/h4-6,9,12-13,16H,7-8,10-11H2,1-3H3. The first-order chi connectivity index (χ1) is 13.4. The molecule has 0 spiro atoms. The van der Waals surface area contributed by atoms with E-state index in [1.54, 1.807) is 23.5 Å². The van der Waals surface area contributed by atoms with Gasteiger partial charge in [0.15, 0.2) is 5.65 Å². The van der Waals surface area contributed by atoms with Crippen molar-refractivity contribution >= 4 is 15.7 Å². The fourth-order valence-corrected chi connectivity index (χ4v) is 5.66. The molecule has 1 fully saturated rings. The Hall–Kier alpha value is -2.45. The summed E-state index contributed by atoms with van der Waals surface area (Å²) in [5.41, 5.74) is 2.47. The highest BCUT2D eigenvalue weighted by atomic mass is 32.2. The molecular formula is C20H24N4O3S. The SMILES string of the molecule is COc1c(C)cc(S(=O)(=O)N2CCC(c3nnc4ccccn34)CC2)cc1C. The number of hydrogen-bond acceptors (Lipinski definition) is 5. The maximum absolute atomic E-state index is 13.1. The zero-order chi connectivity index (χ0) is 19.9. The van der Waals surface area contributed by atoms with Gasteiger partial charge in [-0.05, 0) is 62.1 Å². The molecule has 3 heterocycles. The maximum atomic E-state index is 13.1. The van der Waals surface area contributed by atoms with Crippen molar-refractivity contribution < 1.29 is 13.2 Å². The smallest absolute Gasteiger partial charge is 0.243 e. The highest BCUT2D eigenvalue weighted by Gasteiger charge is 2.32. The van der Waals surface area contributed by atoms with Crippen LogP contribution in [0.4, 0.5) is 0 Å². The van der Waals surface area contributed by atoms with Gasteiger partial charge in [0.1, 0.15) is 11.6 Å². The highest BCUT2D eigenvalue weighted by Crippen LogP contribution is 2.32. The van der Waals surface area contributed by atoms with Crippen molar-refractivity contribution in [3.63, 3.8) is 0 Å². The monoisotopic (exact) mass is 400 g/mol. The molecule has 2 aromatic heterocycles. The molecule has 1 aliphatic heterocycles. The predicted molar refractivity (Wildman–Crippen MR) is 106 cm³/mol. The Balaban J connectivity index is 1.54. The Morgan fingerprint density at radius 2 is 1.75 bits per heavy atom. The normalized spacial score (nSPS) is 16.5. The van der Waals surface area contributed by atoms with Crippen LogP contribution in [0.15, 0.2) is 41.4 Å². The van der Waals surface area contributed by atoms with Crippen LogP contribution in [-0.2, 0) is 10.0 Å². The summed E-state index contributed by atoms with van der Waals surface area (Å²) in [5.74, 6) is 1.84. The molecule has 0 aliphatic carbocycles. The molecule has 0 atom stereocenters. The lowest BCUT2D eigenvalue weighted by atomic mass is 9.97. The first-order valence-corrected chi connectivity index (χ1v) is 10.8. The van der Waals surface area contributed by atoms with Gasteiger partial charge in [0.05, 0.1) is 12.0 Å². The molecule has 0 saturated carbocycles. The van der Waals surface area contributed by atoms with Crippen molar-refractivity contribution in [3.05, 3.63) is 53.5 Å². The lowest BCUT2D eigenvalue weighted by molar-refractivity contribution is 0.312. The van der Waals surface area contributed by atoms with Gasteiger partial charge in [0, 0.05) is 25.2 Å². The largest absolute Gasteiger partial charge is 0.496 e. The summed E-state index contributed by atoms with van der Waals surface area (Å²) in [6, 6.07) is 9.19. The number of rotatable bonds is 4. The molecule has 4 rings (SSSR count). The number of hydrogen-bond donors (Lipinski definition) is 0. The van der Waals surface area contributed by atoms with Gasteiger partial charge in [-0.15, -0.1) is 10.2 Å². The van der Waals surface area contributed by atoms with E-state index < -0.39 is 10.0 Å². The van der Waals surface area contributed by atoms with Gasteiger partial charge in [-0.1, -0.05) is 6.07 Å². The number of sulfonamides is 1. The minimum atomic E-state index is -3.53. The summed E-state index contributed by atoms with van der Waals surface area (Å²) in [5, 5.41) is 8.55. The number of fused-ring (bicyclic) bond motifs is 1. The molecule has 1 aromatic carbocycles. The average Bonchev–Trinajstić information content (AvgIpc) is 3.12. The second-order valence-electron chi connectivity index (χ2n) is 7.26. The van der Waals surface area contributed by atoms with Crippen LogP contribution < -0.4 is 4.74 Å². The van der Waals surface area contributed by atoms with Crippen molar-refractivity contribution in [2.45, 2.75) is 37.5 Å². The van der Waals surface area contributed by atoms with E-state index in [9.17, 15) is 8.42 Å². The van der Waals surface area contributed by atoms with E-state index in [2.05, 4.69) is 10.2 Å². The highest BCUT2D eigenvalue weighted by molar-refractivity contribution is 7.89. The molecule has 1 aliphatic rings. The van der Waals surface area contributed by atoms with Crippen LogP contribution >= 0.6 is 0 Å². The number of aryl methyl sites for hydroxylation is 2. The maximum Gasteiger partial charge on any atom is 0.243 e. The second kappa shape index (κ2) is 7.18. The Kier molecular flexibility index (Phi) is 4.84. The van der Waals surface area contributed by atoms with E-state index in [1.165, 1.54) is 0 Å². The van der Waals surface area contributed by atoms with E-state index in [4.69, 9.17) is 4.74 Å². The summed E-state index contributed by atoms with van der Waals surface area (Å²) in [6.45, 7) is 4.68. The number of nitrogens with zero attached hydrogens (tertiary/aromatic N) is 4. The van der Waals surface area contributed by atoms with Crippen LogP contribution in [0, 0.1) is 13.8 Å². The van der Waals surface area contributed by atoms with Crippen molar-refractivity contribution in [1.82, 2.24) is 18.9 Å². The molecule has 0 amide bonds. The van der Waals surface area contributed by atoms with Gasteiger partial charge < -0.3 is 4.74 Å². The van der Waals surface area contributed by atoms with E-state index in [1.807, 2.05) is 42.6 Å². The Morgan fingerprint density at radius 1 is 1.07 bits per heavy atom. The summed E-state index contributed by atoms with van der Waals surface area (Å²) < 4.78 is 35.2. The molecule has 0 N–H and O–H groups in total. The summed E-state index contributed by atoms with van der Waals surface area (Å²) in [7, 11) is -1.93. The topological polar surface area (TPSA) is 76.8 Å². The predicted octanol–water partition coefficient (Wildman–Crippen LogP) is 2.92. The van der Waals surface area contributed by atoms with Crippen molar-refractivity contribution in [2.75, 3.05) is 20.2 Å². The Morgan fingerprint density at radius 3 is 2.39 bits per heavy atom. The summed E-state index contributed by atoms with van der Waals surface area (Å²) in [4.78, 5) is 0.328. The lowest BCUT2D eigenvalue weighted by Crippen LogP contribution is -2.38. The molecule has 148 valence electrons. The van der Waals surface area contributed by atoms with Crippen LogP contribution in [0.2, 0.25) is 0 Å². The second-order valence-corrected chi connectivity index (χ2v) is 9.19. The molecule has 7 nitrogen and oxygen atoms in total. The van der Waals surface area contributed by atoms with Gasteiger partial charge in [0.25, 0.3) is 0 Å². The number of ether oxygens (including phenoxy) is 1. The van der Waals surface area contributed by atoms with Gasteiger partial charge >= 0.3 is 0 Å². The zero-order valence-electron chi connectivity index (χ0n) is 16.3. The summed E-state index contributed by atoms with van der Waals surface area (Å²) >= 11 is 0. The van der Waals surface area contributed by atoms with Crippen LogP contribution in [-0.4, -0.2) is 47.5 Å². The number of methoxy groups -OCH3 is 1.